The Labute approximate surface area is 172 Å². The molecule has 7 nitrogen and oxygen atoms in total. The lowest BCUT2D eigenvalue weighted by Crippen LogP contribution is -2.24. The lowest BCUT2D eigenvalue weighted by Gasteiger charge is -1.99. The van der Waals surface area contributed by atoms with Crippen LogP contribution in [0.3, 0.4) is 0 Å². The highest BCUT2D eigenvalue weighted by molar-refractivity contribution is 5.91. The lowest BCUT2D eigenvalue weighted by molar-refractivity contribution is -0.143. The number of amides is 1. The van der Waals surface area contributed by atoms with Gasteiger partial charge in [0.05, 0.1) is 5.69 Å². The number of carbonyl (C=O) groups is 2. The molecule has 1 N–H and O–H groups in total. The minimum atomic E-state index is -0.624. The summed E-state index contributed by atoms with van der Waals surface area (Å²) in [4.78, 5) is 23.2. The second-order valence-corrected chi connectivity index (χ2v) is 6.48. The van der Waals surface area contributed by atoms with Crippen molar-refractivity contribution < 1.29 is 18.7 Å². The number of fused-ring (bicyclic) bond motifs is 1. The van der Waals surface area contributed by atoms with Crippen LogP contribution in [0.1, 0.15) is 5.56 Å². The lowest BCUT2D eigenvalue weighted by atomic mass is 10.2. The van der Waals surface area contributed by atoms with Gasteiger partial charge in [-0.25, -0.2) is 9.48 Å². The number of nitrogens with one attached hydrogen (secondary N) is 1. The number of carbonyl (C=O) groups excluding carboxylic acids is 2. The van der Waals surface area contributed by atoms with Crippen LogP contribution < -0.4 is 5.32 Å². The number of esters is 1. The van der Waals surface area contributed by atoms with E-state index >= 15 is 0 Å². The van der Waals surface area contributed by atoms with Crippen LogP contribution in [-0.4, -0.2) is 35.3 Å². The van der Waals surface area contributed by atoms with Gasteiger partial charge < -0.3 is 14.5 Å². The Morgan fingerprint density at radius 2 is 1.90 bits per heavy atom. The van der Waals surface area contributed by atoms with E-state index in [1.54, 1.807) is 17.0 Å². The zero-order valence-electron chi connectivity index (χ0n) is 16.2. The number of furan rings is 1. The van der Waals surface area contributed by atoms with Gasteiger partial charge in [-0.15, -0.1) is 0 Å². The van der Waals surface area contributed by atoms with Gasteiger partial charge in [0.25, 0.3) is 5.91 Å². The van der Waals surface area contributed by atoms with E-state index in [9.17, 15) is 9.59 Å². The molecule has 2 heterocycles. The zero-order valence-corrected chi connectivity index (χ0v) is 16.2. The quantitative estimate of drug-likeness (QED) is 0.394. The minimum Gasteiger partial charge on any atom is -0.454 e. The molecular weight excluding hydrogens is 382 g/mol. The third kappa shape index (κ3) is 4.15. The van der Waals surface area contributed by atoms with Crippen LogP contribution in [0.4, 0.5) is 0 Å². The monoisotopic (exact) mass is 401 g/mol. The Hall–Kier alpha value is -4.13. The van der Waals surface area contributed by atoms with E-state index in [2.05, 4.69) is 10.4 Å². The molecule has 0 radical (unpaired) electrons. The maximum Gasteiger partial charge on any atom is 0.331 e. The Bertz CT molecular complexity index is 1190. The largest absolute Gasteiger partial charge is 0.454 e. The molecule has 0 aliphatic heterocycles. The second kappa shape index (κ2) is 8.48. The SMILES string of the molecule is CNC(=O)COC(=O)C=Cc1cn(-c2ccccc2)nc1-c1cc2ccccc2o1. The highest BCUT2D eigenvalue weighted by Gasteiger charge is 2.15. The third-order valence-corrected chi connectivity index (χ3v) is 4.45. The number of hydrogen-bond donors (Lipinski definition) is 1. The molecule has 0 bridgehead atoms. The van der Waals surface area contributed by atoms with Gasteiger partial charge in [-0.05, 0) is 30.3 Å². The normalized spacial score (nSPS) is 11.1. The first-order valence-corrected chi connectivity index (χ1v) is 9.33. The van der Waals surface area contributed by atoms with Crippen LogP contribution in [0.25, 0.3) is 34.2 Å². The first-order valence-electron chi connectivity index (χ1n) is 9.33. The van der Waals surface area contributed by atoms with E-state index in [-0.39, 0.29) is 12.5 Å². The summed E-state index contributed by atoms with van der Waals surface area (Å²) >= 11 is 0. The molecule has 1 amide bonds. The van der Waals surface area contributed by atoms with Gasteiger partial charge in [0.1, 0.15) is 11.3 Å². The fraction of sp³-hybridized carbons (Fsp3) is 0.0870. The Kier molecular flexibility index (Phi) is 5.43. The fourth-order valence-corrected chi connectivity index (χ4v) is 2.93. The van der Waals surface area contributed by atoms with Crippen molar-refractivity contribution >= 4 is 28.9 Å². The van der Waals surface area contributed by atoms with Gasteiger partial charge >= 0.3 is 5.97 Å². The molecule has 2 aromatic heterocycles. The Balaban J connectivity index is 1.69. The summed E-state index contributed by atoms with van der Waals surface area (Å²) in [6.45, 7) is -0.334. The number of nitrogens with zero attached hydrogens (tertiary/aromatic N) is 2. The van der Waals surface area contributed by atoms with Gasteiger partial charge in [0.2, 0.25) is 0 Å². The summed E-state index contributed by atoms with van der Waals surface area (Å²) in [5, 5.41) is 8.02. The van der Waals surface area contributed by atoms with E-state index in [4.69, 9.17) is 9.15 Å². The van der Waals surface area contributed by atoms with Crippen molar-refractivity contribution in [3.8, 4) is 17.1 Å². The van der Waals surface area contributed by atoms with Crippen LogP contribution in [-0.2, 0) is 14.3 Å². The van der Waals surface area contributed by atoms with Gasteiger partial charge in [-0.1, -0.05) is 36.4 Å². The van der Waals surface area contributed by atoms with E-state index in [0.29, 0.717) is 17.0 Å². The second-order valence-electron chi connectivity index (χ2n) is 6.48. The number of hydrogen-bond acceptors (Lipinski definition) is 5. The van der Waals surface area contributed by atoms with Crippen LogP contribution in [0.5, 0.6) is 0 Å². The number of ether oxygens (including phenoxy) is 1. The highest BCUT2D eigenvalue weighted by Crippen LogP contribution is 2.30. The van der Waals surface area contributed by atoms with Crippen LogP contribution in [0, 0.1) is 0 Å². The molecule has 150 valence electrons. The Morgan fingerprint density at radius 1 is 1.13 bits per heavy atom. The summed E-state index contributed by atoms with van der Waals surface area (Å²) in [6.07, 6.45) is 4.67. The number of likely N-dealkylation sites (N-methyl/N-ethyl adjacent to an activating group) is 1. The van der Waals surface area contributed by atoms with Crippen molar-refractivity contribution in [1.29, 1.82) is 0 Å². The third-order valence-electron chi connectivity index (χ3n) is 4.45. The van der Waals surface area contributed by atoms with Gasteiger partial charge in [0.15, 0.2) is 12.4 Å². The molecule has 0 saturated heterocycles. The number of para-hydroxylation sites is 2. The molecule has 0 aliphatic rings. The summed E-state index contributed by atoms with van der Waals surface area (Å²) in [5.74, 6) is -0.414. The summed E-state index contributed by atoms with van der Waals surface area (Å²) in [5.41, 5.74) is 2.89. The van der Waals surface area contributed by atoms with Crippen LogP contribution in [0.2, 0.25) is 0 Å². The molecule has 4 rings (SSSR count). The summed E-state index contributed by atoms with van der Waals surface area (Å²) in [7, 11) is 1.48. The molecule has 0 saturated carbocycles. The molecule has 0 aliphatic carbocycles. The van der Waals surface area contributed by atoms with Crippen LogP contribution >= 0.6 is 0 Å². The van der Waals surface area contributed by atoms with Crippen molar-refractivity contribution in [2.24, 2.45) is 0 Å². The van der Waals surface area contributed by atoms with Gasteiger partial charge in [-0.3, -0.25) is 4.79 Å². The molecule has 0 atom stereocenters. The van der Waals surface area contributed by atoms with Crippen molar-refractivity contribution in [3.05, 3.63) is 78.5 Å². The topological polar surface area (TPSA) is 86.4 Å². The first-order chi connectivity index (χ1) is 14.6. The highest BCUT2D eigenvalue weighted by atomic mass is 16.5. The van der Waals surface area contributed by atoms with E-state index in [1.165, 1.54) is 13.1 Å². The maximum atomic E-state index is 12.0. The minimum absolute atomic E-state index is 0.334. The molecular formula is C23H19N3O4. The molecule has 0 unspecified atom stereocenters. The molecule has 30 heavy (non-hydrogen) atoms. The number of aromatic nitrogens is 2. The number of benzene rings is 2. The van der Waals surface area contributed by atoms with Gasteiger partial charge in [-0.2, -0.15) is 5.10 Å². The zero-order chi connectivity index (χ0) is 20.9. The smallest absolute Gasteiger partial charge is 0.331 e. The summed E-state index contributed by atoms with van der Waals surface area (Å²) in [6, 6.07) is 19.2. The maximum absolute atomic E-state index is 12.0. The van der Waals surface area contributed by atoms with Crippen LogP contribution in [0.15, 0.2) is 77.4 Å². The number of rotatable bonds is 6. The molecule has 2 aromatic carbocycles. The average Bonchev–Trinajstić information content (AvgIpc) is 3.40. The summed E-state index contributed by atoms with van der Waals surface area (Å²) < 4.78 is 12.6. The predicted molar refractivity (Wildman–Crippen MR) is 113 cm³/mol. The van der Waals surface area contributed by atoms with Gasteiger partial charge in [0, 0.05) is 30.3 Å². The average molecular weight is 401 g/mol. The standard InChI is InChI=1S/C23H19N3O4/c1-24-21(27)15-29-22(28)12-11-17-14-26(18-8-3-2-4-9-18)25-23(17)20-13-16-7-5-6-10-19(16)30-20/h2-14H,15H2,1H3,(H,24,27). The van der Waals surface area contributed by atoms with E-state index < -0.39 is 5.97 Å². The molecule has 4 aromatic rings. The molecule has 7 heteroatoms. The van der Waals surface area contributed by atoms with E-state index in [0.717, 1.165) is 16.7 Å². The molecule has 0 fully saturated rings. The Morgan fingerprint density at radius 3 is 2.67 bits per heavy atom. The van der Waals surface area contributed by atoms with Crippen molar-refractivity contribution in [2.45, 2.75) is 0 Å². The van der Waals surface area contributed by atoms with Crippen molar-refractivity contribution in [3.63, 3.8) is 0 Å². The first kappa shape index (κ1) is 19.2. The fourth-order valence-electron chi connectivity index (χ4n) is 2.93. The molecule has 0 spiro atoms. The van der Waals surface area contributed by atoms with E-state index in [1.807, 2.05) is 60.7 Å². The van der Waals surface area contributed by atoms with Crippen molar-refractivity contribution in [1.82, 2.24) is 15.1 Å². The predicted octanol–water partition coefficient (Wildman–Crippen LogP) is 3.59. The van der Waals surface area contributed by atoms with Crippen molar-refractivity contribution in [2.75, 3.05) is 13.7 Å².